The van der Waals surface area contributed by atoms with Gasteiger partial charge in [-0.2, -0.15) is 4.98 Å². The zero-order valence-electron chi connectivity index (χ0n) is 13.7. The number of halogens is 1. The van der Waals surface area contributed by atoms with E-state index in [1.807, 2.05) is 13.8 Å². The SMILES string of the molecule is Cc1ccc(S(=O)(=O)NCc2nc(-c3ccccc3F)no2)cc1C. The zero-order chi connectivity index (χ0) is 18.0. The molecule has 1 heterocycles. The second-order valence-electron chi connectivity index (χ2n) is 5.56. The Balaban J connectivity index is 1.75. The number of rotatable bonds is 5. The van der Waals surface area contributed by atoms with Gasteiger partial charge in [0.2, 0.25) is 21.7 Å². The van der Waals surface area contributed by atoms with E-state index in [-0.39, 0.29) is 28.7 Å². The largest absolute Gasteiger partial charge is 0.338 e. The molecule has 1 N–H and O–H groups in total. The first-order valence-corrected chi connectivity index (χ1v) is 8.99. The second kappa shape index (κ2) is 6.73. The van der Waals surface area contributed by atoms with E-state index in [0.29, 0.717) is 0 Å². The predicted octanol–water partition coefficient (Wildman–Crippen LogP) is 2.97. The van der Waals surface area contributed by atoms with Gasteiger partial charge in [-0.05, 0) is 49.2 Å². The minimum Gasteiger partial charge on any atom is -0.338 e. The number of benzene rings is 2. The van der Waals surface area contributed by atoms with Crippen molar-refractivity contribution in [3.8, 4) is 11.4 Å². The molecule has 8 heteroatoms. The molecule has 0 aliphatic carbocycles. The molecule has 0 spiro atoms. The third kappa shape index (κ3) is 3.75. The number of sulfonamides is 1. The molecule has 0 unspecified atom stereocenters. The van der Waals surface area contributed by atoms with Crippen molar-refractivity contribution in [2.75, 3.05) is 0 Å². The molecule has 0 fully saturated rings. The fourth-order valence-electron chi connectivity index (χ4n) is 2.20. The van der Waals surface area contributed by atoms with Crippen LogP contribution in [0.15, 0.2) is 51.9 Å². The van der Waals surface area contributed by atoms with E-state index in [2.05, 4.69) is 14.9 Å². The lowest BCUT2D eigenvalue weighted by Crippen LogP contribution is -2.23. The summed E-state index contributed by atoms with van der Waals surface area (Å²) < 4.78 is 45.8. The van der Waals surface area contributed by atoms with Crippen LogP contribution in [0.1, 0.15) is 17.0 Å². The number of nitrogens with one attached hydrogen (secondary N) is 1. The Bertz CT molecular complexity index is 1020. The molecule has 0 aliphatic rings. The molecule has 0 saturated heterocycles. The fourth-order valence-corrected chi connectivity index (χ4v) is 3.26. The van der Waals surface area contributed by atoms with Crippen molar-refractivity contribution in [3.05, 3.63) is 65.3 Å². The molecular weight excluding hydrogens is 345 g/mol. The molecule has 3 aromatic rings. The molecule has 0 radical (unpaired) electrons. The van der Waals surface area contributed by atoms with Gasteiger partial charge in [0.05, 0.1) is 17.0 Å². The van der Waals surface area contributed by atoms with E-state index >= 15 is 0 Å². The lowest BCUT2D eigenvalue weighted by molar-refractivity contribution is 0.375. The van der Waals surface area contributed by atoms with Crippen LogP contribution < -0.4 is 4.72 Å². The van der Waals surface area contributed by atoms with Gasteiger partial charge in [-0.25, -0.2) is 17.5 Å². The molecule has 0 aliphatic heterocycles. The van der Waals surface area contributed by atoms with Gasteiger partial charge in [0.15, 0.2) is 0 Å². The average Bonchev–Trinajstić information content (AvgIpc) is 3.05. The lowest BCUT2D eigenvalue weighted by atomic mass is 10.1. The Hall–Kier alpha value is -2.58. The Labute approximate surface area is 144 Å². The van der Waals surface area contributed by atoms with E-state index in [0.717, 1.165) is 11.1 Å². The Morgan fingerprint density at radius 3 is 2.60 bits per heavy atom. The number of hydrogen-bond donors (Lipinski definition) is 1. The van der Waals surface area contributed by atoms with Crippen LogP contribution in [0.25, 0.3) is 11.4 Å². The molecule has 0 bridgehead atoms. The molecule has 0 saturated carbocycles. The Morgan fingerprint density at radius 1 is 1.12 bits per heavy atom. The summed E-state index contributed by atoms with van der Waals surface area (Å²) in [5, 5.41) is 3.69. The summed E-state index contributed by atoms with van der Waals surface area (Å²) in [5.41, 5.74) is 2.07. The molecule has 0 atom stereocenters. The van der Waals surface area contributed by atoms with E-state index in [1.165, 1.54) is 18.2 Å². The highest BCUT2D eigenvalue weighted by Gasteiger charge is 2.17. The number of aromatic nitrogens is 2. The third-order valence-electron chi connectivity index (χ3n) is 3.78. The van der Waals surface area contributed by atoms with Crippen LogP contribution in [0.5, 0.6) is 0 Å². The summed E-state index contributed by atoms with van der Waals surface area (Å²) in [6.07, 6.45) is 0. The van der Waals surface area contributed by atoms with Crippen LogP contribution in [0.2, 0.25) is 0 Å². The van der Waals surface area contributed by atoms with Gasteiger partial charge < -0.3 is 4.52 Å². The van der Waals surface area contributed by atoms with Crippen LogP contribution in [0.3, 0.4) is 0 Å². The van der Waals surface area contributed by atoms with E-state index in [9.17, 15) is 12.8 Å². The minimum absolute atomic E-state index is 0.0469. The van der Waals surface area contributed by atoms with Gasteiger partial charge in [-0.1, -0.05) is 23.4 Å². The summed E-state index contributed by atoms with van der Waals surface area (Å²) in [6.45, 7) is 3.56. The summed E-state index contributed by atoms with van der Waals surface area (Å²) in [6, 6.07) is 10.9. The molecular formula is C17H16FN3O3S. The molecule has 1 aromatic heterocycles. The van der Waals surface area contributed by atoms with Crippen molar-refractivity contribution in [2.24, 2.45) is 0 Å². The second-order valence-corrected chi connectivity index (χ2v) is 7.33. The third-order valence-corrected chi connectivity index (χ3v) is 5.18. The first-order chi connectivity index (χ1) is 11.9. The molecule has 3 rings (SSSR count). The monoisotopic (exact) mass is 361 g/mol. The van der Waals surface area contributed by atoms with Crippen LogP contribution >= 0.6 is 0 Å². The standard InChI is InChI=1S/C17H16FN3O3S/c1-11-7-8-13(9-12(11)2)25(22,23)19-10-16-20-17(21-24-16)14-5-3-4-6-15(14)18/h3-9,19H,10H2,1-2H3. The van der Waals surface area contributed by atoms with Crippen molar-refractivity contribution in [2.45, 2.75) is 25.3 Å². The predicted molar refractivity (Wildman–Crippen MR) is 89.6 cm³/mol. The summed E-state index contributed by atoms with van der Waals surface area (Å²) in [4.78, 5) is 4.18. The molecule has 0 amide bonds. The smallest absolute Gasteiger partial charge is 0.242 e. The average molecular weight is 361 g/mol. The first-order valence-electron chi connectivity index (χ1n) is 7.51. The first kappa shape index (κ1) is 17.2. The van der Waals surface area contributed by atoms with Crippen LogP contribution in [0.4, 0.5) is 4.39 Å². The van der Waals surface area contributed by atoms with E-state index < -0.39 is 15.8 Å². The van der Waals surface area contributed by atoms with Gasteiger partial charge in [0.1, 0.15) is 5.82 Å². The van der Waals surface area contributed by atoms with Crippen LogP contribution in [-0.4, -0.2) is 18.6 Å². The molecule has 2 aromatic carbocycles. The highest BCUT2D eigenvalue weighted by Crippen LogP contribution is 2.19. The highest BCUT2D eigenvalue weighted by molar-refractivity contribution is 7.89. The van der Waals surface area contributed by atoms with Crippen molar-refractivity contribution >= 4 is 10.0 Å². The quantitative estimate of drug-likeness (QED) is 0.755. The maximum Gasteiger partial charge on any atom is 0.242 e. The fraction of sp³-hybridized carbons (Fsp3) is 0.176. The summed E-state index contributed by atoms with van der Waals surface area (Å²) in [5.74, 6) is -0.366. The number of nitrogens with zero attached hydrogens (tertiary/aromatic N) is 2. The highest BCUT2D eigenvalue weighted by atomic mass is 32.2. The molecule has 130 valence electrons. The van der Waals surface area contributed by atoms with Gasteiger partial charge in [-0.3, -0.25) is 0 Å². The van der Waals surface area contributed by atoms with Crippen molar-refractivity contribution in [1.82, 2.24) is 14.9 Å². The van der Waals surface area contributed by atoms with Gasteiger partial charge >= 0.3 is 0 Å². The Morgan fingerprint density at radius 2 is 1.88 bits per heavy atom. The van der Waals surface area contributed by atoms with Gasteiger partial charge in [0, 0.05) is 0 Å². The van der Waals surface area contributed by atoms with Crippen LogP contribution in [-0.2, 0) is 16.6 Å². The summed E-state index contributed by atoms with van der Waals surface area (Å²) in [7, 11) is -3.71. The number of hydrogen-bond acceptors (Lipinski definition) is 5. The number of aryl methyl sites for hydroxylation is 2. The zero-order valence-corrected chi connectivity index (χ0v) is 14.5. The van der Waals surface area contributed by atoms with E-state index in [4.69, 9.17) is 4.52 Å². The van der Waals surface area contributed by atoms with Crippen molar-refractivity contribution in [1.29, 1.82) is 0 Å². The van der Waals surface area contributed by atoms with E-state index in [1.54, 1.807) is 24.3 Å². The van der Waals surface area contributed by atoms with Gasteiger partial charge in [0.25, 0.3) is 0 Å². The van der Waals surface area contributed by atoms with Crippen molar-refractivity contribution < 1.29 is 17.3 Å². The maximum atomic E-state index is 13.7. The Kier molecular flexibility index (Phi) is 4.65. The maximum absolute atomic E-state index is 13.7. The van der Waals surface area contributed by atoms with Crippen molar-refractivity contribution in [3.63, 3.8) is 0 Å². The normalized spacial score (nSPS) is 11.6. The minimum atomic E-state index is -3.71. The topological polar surface area (TPSA) is 85.1 Å². The van der Waals surface area contributed by atoms with Gasteiger partial charge in [-0.15, -0.1) is 0 Å². The van der Waals surface area contributed by atoms with Crippen LogP contribution in [0, 0.1) is 19.7 Å². The molecule has 6 nitrogen and oxygen atoms in total. The summed E-state index contributed by atoms with van der Waals surface area (Å²) >= 11 is 0. The molecule has 25 heavy (non-hydrogen) atoms. The lowest BCUT2D eigenvalue weighted by Gasteiger charge is -2.07.